The summed E-state index contributed by atoms with van der Waals surface area (Å²) in [7, 11) is 0. The molecule has 2 atom stereocenters. The van der Waals surface area contributed by atoms with Crippen LogP contribution < -0.4 is 10.1 Å². The van der Waals surface area contributed by atoms with Gasteiger partial charge in [0, 0.05) is 6.54 Å². The van der Waals surface area contributed by atoms with Crippen molar-refractivity contribution in [3.05, 3.63) is 30.3 Å². The summed E-state index contributed by atoms with van der Waals surface area (Å²) in [5.41, 5.74) is 0. The smallest absolute Gasteiger partial charge is 0.260 e. The van der Waals surface area contributed by atoms with Crippen LogP contribution in [0.4, 0.5) is 0 Å². The quantitative estimate of drug-likeness (QED) is 0.785. The van der Waals surface area contributed by atoms with Crippen LogP contribution in [-0.2, 0) is 4.79 Å². The molecule has 94 valence electrons. The van der Waals surface area contributed by atoms with Gasteiger partial charge in [0.1, 0.15) is 5.75 Å². The zero-order chi connectivity index (χ0) is 12.7. The van der Waals surface area contributed by atoms with Gasteiger partial charge >= 0.3 is 0 Å². The predicted molar refractivity (Wildman–Crippen MR) is 65.8 cm³/mol. The SMILES string of the molecule is CC(O)CCNC(=O)C(C)Oc1ccccc1. The maximum Gasteiger partial charge on any atom is 0.260 e. The lowest BCUT2D eigenvalue weighted by atomic mass is 10.3. The first-order valence-electron chi connectivity index (χ1n) is 5.77. The number of aliphatic hydroxyl groups excluding tert-OH is 1. The highest BCUT2D eigenvalue weighted by Crippen LogP contribution is 2.10. The van der Waals surface area contributed by atoms with Crippen molar-refractivity contribution in [1.29, 1.82) is 0 Å². The number of amides is 1. The van der Waals surface area contributed by atoms with Crippen LogP contribution in [0, 0.1) is 0 Å². The summed E-state index contributed by atoms with van der Waals surface area (Å²) in [5, 5.41) is 11.8. The van der Waals surface area contributed by atoms with Gasteiger partial charge in [-0.05, 0) is 32.4 Å². The van der Waals surface area contributed by atoms with Crippen molar-refractivity contribution in [3.63, 3.8) is 0 Å². The Balaban J connectivity index is 2.32. The van der Waals surface area contributed by atoms with E-state index < -0.39 is 12.2 Å². The fraction of sp³-hybridized carbons (Fsp3) is 0.462. The molecular formula is C13H19NO3. The summed E-state index contributed by atoms with van der Waals surface area (Å²) in [5.74, 6) is 0.500. The van der Waals surface area contributed by atoms with Gasteiger partial charge in [-0.1, -0.05) is 18.2 Å². The van der Waals surface area contributed by atoms with E-state index in [2.05, 4.69) is 5.32 Å². The highest BCUT2D eigenvalue weighted by Gasteiger charge is 2.13. The third kappa shape index (κ3) is 5.36. The monoisotopic (exact) mass is 237 g/mol. The first-order valence-corrected chi connectivity index (χ1v) is 5.77. The summed E-state index contributed by atoms with van der Waals surface area (Å²) in [6, 6.07) is 9.21. The van der Waals surface area contributed by atoms with Gasteiger partial charge in [-0.2, -0.15) is 0 Å². The first-order chi connectivity index (χ1) is 8.09. The van der Waals surface area contributed by atoms with E-state index in [4.69, 9.17) is 9.84 Å². The molecule has 0 aliphatic carbocycles. The van der Waals surface area contributed by atoms with Crippen molar-refractivity contribution in [2.75, 3.05) is 6.54 Å². The van der Waals surface area contributed by atoms with Crippen LogP contribution in [0.15, 0.2) is 30.3 Å². The summed E-state index contributed by atoms with van der Waals surface area (Å²) in [4.78, 5) is 11.6. The molecule has 0 fully saturated rings. The van der Waals surface area contributed by atoms with Crippen LogP contribution in [0.3, 0.4) is 0 Å². The summed E-state index contributed by atoms with van der Waals surface area (Å²) >= 11 is 0. The van der Waals surface area contributed by atoms with Crippen molar-refractivity contribution < 1.29 is 14.6 Å². The molecule has 0 aromatic heterocycles. The lowest BCUT2D eigenvalue weighted by Crippen LogP contribution is -2.37. The lowest BCUT2D eigenvalue weighted by molar-refractivity contribution is -0.127. The van der Waals surface area contributed by atoms with Crippen molar-refractivity contribution in [2.24, 2.45) is 0 Å². The molecule has 0 saturated heterocycles. The number of nitrogens with one attached hydrogen (secondary N) is 1. The minimum absolute atomic E-state index is 0.172. The standard InChI is InChI=1S/C13H19NO3/c1-10(15)8-9-14-13(16)11(2)17-12-6-4-3-5-7-12/h3-7,10-11,15H,8-9H2,1-2H3,(H,14,16). The molecular weight excluding hydrogens is 218 g/mol. The van der Waals surface area contributed by atoms with Crippen LogP contribution in [-0.4, -0.2) is 29.8 Å². The Labute approximate surface area is 102 Å². The molecule has 0 spiro atoms. The van der Waals surface area contributed by atoms with Gasteiger partial charge in [-0.3, -0.25) is 4.79 Å². The number of carbonyl (C=O) groups is 1. The van der Waals surface area contributed by atoms with E-state index in [1.807, 2.05) is 18.2 Å². The van der Waals surface area contributed by atoms with Crippen molar-refractivity contribution in [1.82, 2.24) is 5.32 Å². The van der Waals surface area contributed by atoms with E-state index in [1.165, 1.54) is 0 Å². The number of para-hydroxylation sites is 1. The molecule has 1 rings (SSSR count). The maximum atomic E-state index is 11.6. The molecule has 1 amide bonds. The van der Waals surface area contributed by atoms with Gasteiger partial charge in [-0.25, -0.2) is 0 Å². The van der Waals surface area contributed by atoms with Crippen LogP contribution in [0.5, 0.6) is 5.75 Å². The number of aliphatic hydroxyl groups is 1. The third-order valence-electron chi connectivity index (χ3n) is 2.29. The van der Waals surface area contributed by atoms with Crippen LogP contribution in [0.25, 0.3) is 0 Å². The highest BCUT2D eigenvalue weighted by molar-refractivity contribution is 5.80. The fourth-order valence-electron chi connectivity index (χ4n) is 1.30. The van der Waals surface area contributed by atoms with Crippen molar-refractivity contribution in [2.45, 2.75) is 32.5 Å². The highest BCUT2D eigenvalue weighted by atomic mass is 16.5. The molecule has 1 aromatic rings. The Morgan fingerprint density at radius 3 is 2.59 bits per heavy atom. The van der Waals surface area contributed by atoms with Crippen LogP contribution in [0.1, 0.15) is 20.3 Å². The van der Waals surface area contributed by atoms with Gasteiger partial charge in [-0.15, -0.1) is 0 Å². The number of rotatable bonds is 6. The molecule has 4 heteroatoms. The number of ether oxygens (including phenoxy) is 1. The third-order valence-corrected chi connectivity index (χ3v) is 2.29. The second-order valence-electron chi connectivity index (χ2n) is 4.00. The zero-order valence-electron chi connectivity index (χ0n) is 10.2. The Morgan fingerprint density at radius 2 is 2.00 bits per heavy atom. The largest absolute Gasteiger partial charge is 0.481 e. The molecule has 2 unspecified atom stereocenters. The van der Waals surface area contributed by atoms with Gasteiger partial charge in [0.2, 0.25) is 0 Å². The minimum Gasteiger partial charge on any atom is -0.481 e. The van der Waals surface area contributed by atoms with Gasteiger partial charge < -0.3 is 15.2 Å². The molecule has 4 nitrogen and oxygen atoms in total. The van der Waals surface area contributed by atoms with Crippen LogP contribution in [0.2, 0.25) is 0 Å². The number of carbonyl (C=O) groups excluding carboxylic acids is 1. The number of benzene rings is 1. The molecule has 0 bridgehead atoms. The number of hydrogen-bond donors (Lipinski definition) is 2. The Bertz CT molecular complexity index is 338. The lowest BCUT2D eigenvalue weighted by Gasteiger charge is -2.14. The van der Waals surface area contributed by atoms with Crippen LogP contribution >= 0.6 is 0 Å². The summed E-state index contributed by atoms with van der Waals surface area (Å²) < 4.78 is 5.46. The van der Waals surface area contributed by atoms with E-state index >= 15 is 0 Å². The minimum atomic E-state index is -0.536. The molecule has 0 aliphatic rings. The van der Waals surface area contributed by atoms with E-state index in [9.17, 15) is 4.79 Å². The van der Waals surface area contributed by atoms with Crippen molar-refractivity contribution in [3.8, 4) is 5.75 Å². The second kappa shape index (κ2) is 6.91. The average Bonchev–Trinajstić information content (AvgIpc) is 2.29. The van der Waals surface area contributed by atoms with E-state index in [0.717, 1.165) is 0 Å². The first kappa shape index (κ1) is 13.5. The molecule has 0 saturated carbocycles. The van der Waals surface area contributed by atoms with Gasteiger partial charge in [0.15, 0.2) is 6.10 Å². The number of hydrogen-bond acceptors (Lipinski definition) is 3. The maximum absolute atomic E-state index is 11.6. The Kier molecular flexibility index (Phi) is 5.49. The van der Waals surface area contributed by atoms with E-state index in [-0.39, 0.29) is 5.91 Å². The average molecular weight is 237 g/mol. The summed E-state index contributed by atoms with van der Waals surface area (Å²) in [6.07, 6.45) is -0.392. The molecule has 0 heterocycles. The molecule has 0 radical (unpaired) electrons. The molecule has 0 aliphatic heterocycles. The molecule has 17 heavy (non-hydrogen) atoms. The fourth-order valence-corrected chi connectivity index (χ4v) is 1.30. The predicted octanol–water partition coefficient (Wildman–Crippen LogP) is 1.34. The Hall–Kier alpha value is -1.55. The van der Waals surface area contributed by atoms with Gasteiger partial charge in [0.25, 0.3) is 5.91 Å². The molecule has 2 N–H and O–H groups in total. The van der Waals surface area contributed by atoms with Gasteiger partial charge in [0.05, 0.1) is 6.10 Å². The topological polar surface area (TPSA) is 58.6 Å². The summed E-state index contributed by atoms with van der Waals surface area (Å²) in [6.45, 7) is 3.85. The second-order valence-corrected chi connectivity index (χ2v) is 4.00. The van der Waals surface area contributed by atoms with E-state index in [1.54, 1.807) is 26.0 Å². The van der Waals surface area contributed by atoms with Crippen molar-refractivity contribution >= 4 is 5.91 Å². The van der Waals surface area contributed by atoms with E-state index in [0.29, 0.717) is 18.7 Å². The Morgan fingerprint density at radius 1 is 1.35 bits per heavy atom. The normalized spacial score (nSPS) is 13.8. The molecule has 1 aromatic carbocycles. The zero-order valence-corrected chi connectivity index (χ0v) is 10.2.